The van der Waals surface area contributed by atoms with Crippen molar-refractivity contribution in [2.45, 2.75) is 45.1 Å². The zero-order valence-electron chi connectivity index (χ0n) is 21.8. The van der Waals surface area contributed by atoms with Crippen molar-refractivity contribution in [1.82, 2.24) is 15.5 Å². The van der Waals surface area contributed by atoms with Crippen LogP contribution in [0.3, 0.4) is 0 Å². The predicted molar refractivity (Wildman–Crippen MR) is 140 cm³/mol. The van der Waals surface area contributed by atoms with Gasteiger partial charge in [0.15, 0.2) is 11.6 Å². The summed E-state index contributed by atoms with van der Waals surface area (Å²) in [6.45, 7) is 4.18. The number of anilines is 2. The van der Waals surface area contributed by atoms with E-state index in [1.807, 2.05) is 11.8 Å². The van der Waals surface area contributed by atoms with E-state index in [-0.39, 0.29) is 30.4 Å². The number of amides is 2. The molecule has 2 aromatic carbocycles. The van der Waals surface area contributed by atoms with Crippen molar-refractivity contribution in [3.63, 3.8) is 0 Å². The Morgan fingerprint density at radius 1 is 1.13 bits per heavy atom. The van der Waals surface area contributed by atoms with E-state index in [2.05, 4.69) is 16.0 Å². The number of piperazine rings is 1. The third-order valence-corrected chi connectivity index (χ3v) is 6.86. The van der Waals surface area contributed by atoms with Crippen molar-refractivity contribution < 1.29 is 31.5 Å². The summed E-state index contributed by atoms with van der Waals surface area (Å²) in [5.74, 6) is -3.90. The maximum atomic E-state index is 14.9. The molecule has 3 rings (SSSR count). The van der Waals surface area contributed by atoms with Crippen LogP contribution in [-0.4, -0.2) is 68.2 Å². The number of carbonyl (C=O) groups is 2. The topological polar surface area (TPSA) is 76.7 Å². The van der Waals surface area contributed by atoms with Gasteiger partial charge in [0.1, 0.15) is 0 Å². The predicted octanol–water partition coefficient (Wildman–Crippen LogP) is 4.56. The second-order valence-corrected chi connectivity index (χ2v) is 9.89. The van der Waals surface area contributed by atoms with Gasteiger partial charge in [-0.3, -0.25) is 14.5 Å². The third-order valence-electron chi connectivity index (χ3n) is 6.63. The van der Waals surface area contributed by atoms with Gasteiger partial charge in [-0.15, -0.1) is 0 Å². The number of rotatable bonds is 9. The number of alkyl halides is 3. The van der Waals surface area contributed by atoms with Gasteiger partial charge in [0.05, 0.1) is 29.4 Å². The van der Waals surface area contributed by atoms with Gasteiger partial charge in [-0.05, 0) is 45.2 Å². The van der Waals surface area contributed by atoms with Gasteiger partial charge in [-0.2, -0.15) is 13.2 Å². The van der Waals surface area contributed by atoms with Gasteiger partial charge in [-0.25, -0.2) is 8.78 Å². The number of carbonyl (C=O) groups excluding carboxylic acids is 2. The lowest BCUT2D eigenvalue weighted by Gasteiger charge is -2.42. The Morgan fingerprint density at radius 3 is 2.49 bits per heavy atom. The van der Waals surface area contributed by atoms with Crippen LogP contribution >= 0.6 is 11.6 Å². The van der Waals surface area contributed by atoms with E-state index in [0.29, 0.717) is 30.3 Å². The highest BCUT2D eigenvalue weighted by Crippen LogP contribution is 2.33. The van der Waals surface area contributed by atoms with Gasteiger partial charge < -0.3 is 20.9 Å². The van der Waals surface area contributed by atoms with Gasteiger partial charge >= 0.3 is 6.18 Å². The quantitative estimate of drug-likeness (QED) is 0.382. The van der Waals surface area contributed by atoms with E-state index >= 15 is 0 Å². The Kier molecular flexibility index (Phi) is 10.1. The highest BCUT2D eigenvalue weighted by Gasteiger charge is 2.31. The summed E-state index contributed by atoms with van der Waals surface area (Å²) in [5.41, 5.74) is 0.150. The standard InChI is InChI=1S/C26H31ClF5N5O2/c1-15-14-36(9-8-26(30,31)32)10-11-37(15)21-12-18(27)5-7-20(21)35-25(39)19-6-4-17(22(28)23(19)29)13-34-24(38)16(2)33-3/h4-7,12,15-16,33H,8-11,13-14H2,1-3H3,(H,34,38)(H,35,39)/t15-,16-/m1/s1. The Balaban J connectivity index is 1.74. The summed E-state index contributed by atoms with van der Waals surface area (Å²) in [6.07, 6.45) is -5.14. The first-order valence-corrected chi connectivity index (χ1v) is 12.8. The largest absolute Gasteiger partial charge is 0.390 e. The van der Waals surface area contributed by atoms with E-state index in [9.17, 15) is 31.5 Å². The molecule has 1 fully saturated rings. The van der Waals surface area contributed by atoms with Gasteiger partial charge in [-0.1, -0.05) is 17.7 Å². The Morgan fingerprint density at radius 2 is 1.85 bits per heavy atom. The molecule has 1 aliphatic rings. The molecule has 2 aromatic rings. The Bertz CT molecular complexity index is 1200. The van der Waals surface area contributed by atoms with Crippen LogP contribution in [0.5, 0.6) is 0 Å². The zero-order valence-corrected chi connectivity index (χ0v) is 22.5. The molecule has 2 amide bonds. The SMILES string of the molecule is CN[C@H](C)C(=O)NCc1ccc(C(=O)Nc2ccc(Cl)cc2N2CCN(CCC(F)(F)F)C[C@H]2C)c(F)c1F. The molecule has 1 heterocycles. The highest BCUT2D eigenvalue weighted by molar-refractivity contribution is 6.31. The molecule has 1 saturated heterocycles. The lowest BCUT2D eigenvalue weighted by molar-refractivity contribution is -0.138. The normalized spacial score (nSPS) is 17.2. The molecule has 3 N–H and O–H groups in total. The maximum Gasteiger partial charge on any atom is 0.390 e. The minimum Gasteiger partial charge on any atom is -0.365 e. The average molecular weight is 576 g/mol. The summed E-state index contributed by atoms with van der Waals surface area (Å²) in [7, 11) is 1.59. The Hall–Kier alpha value is -2.96. The van der Waals surface area contributed by atoms with Gasteiger partial charge in [0.25, 0.3) is 5.91 Å². The summed E-state index contributed by atoms with van der Waals surface area (Å²) >= 11 is 6.19. The van der Waals surface area contributed by atoms with Crippen molar-refractivity contribution in [1.29, 1.82) is 0 Å². The van der Waals surface area contributed by atoms with Crippen molar-refractivity contribution in [2.24, 2.45) is 0 Å². The highest BCUT2D eigenvalue weighted by atomic mass is 35.5. The van der Waals surface area contributed by atoms with E-state index in [4.69, 9.17) is 11.6 Å². The first-order valence-electron chi connectivity index (χ1n) is 12.4. The molecule has 1 aliphatic heterocycles. The van der Waals surface area contributed by atoms with Crippen molar-refractivity contribution >= 4 is 34.8 Å². The minimum atomic E-state index is -4.24. The molecule has 13 heteroatoms. The van der Waals surface area contributed by atoms with E-state index < -0.39 is 47.7 Å². The van der Waals surface area contributed by atoms with Crippen LogP contribution in [0.2, 0.25) is 5.02 Å². The van der Waals surface area contributed by atoms with Crippen LogP contribution in [0.1, 0.15) is 36.2 Å². The molecular formula is C26H31ClF5N5O2. The molecule has 2 atom stereocenters. The van der Waals surface area contributed by atoms with E-state index in [0.717, 1.165) is 6.07 Å². The van der Waals surface area contributed by atoms with Gasteiger partial charge in [0, 0.05) is 49.4 Å². The van der Waals surface area contributed by atoms with Crippen LogP contribution in [0, 0.1) is 11.6 Å². The fourth-order valence-corrected chi connectivity index (χ4v) is 4.45. The second kappa shape index (κ2) is 12.9. The number of halogens is 6. The van der Waals surface area contributed by atoms with Crippen LogP contribution in [0.25, 0.3) is 0 Å². The lowest BCUT2D eigenvalue weighted by Crippen LogP contribution is -2.52. The fraction of sp³-hybridized carbons (Fsp3) is 0.462. The molecule has 0 aromatic heterocycles. The molecule has 0 aliphatic carbocycles. The number of likely N-dealkylation sites (N-methyl/N-ethyl adjacent to an activating group) is 1. The monoisotopic (exact) mass is 575 g/mol. The lowest BCUT2D eigenvalue weighted by atomic mass is 10.1. The van der Waals surface area contributed by atoms with E-state index in [1.54, 1.807) is 24.9 Å². The third kappa shape index (κ3) is 8.02. The molecule has 0 bridgehead atoms. The zero-order chi connectivity index (χ0) is 28.9. The number of nitrogens with one attached hydrogen (secondary N) is 3. The molecular weight excluding hydrogens is 545 g/mol. The van der Waals surface area contributed by atoms with Crippen LogP contribution in [0.15, 0.2) is 30.3 Å². The molecule has 214 valence electrons. The molecule has 39 heavy (non-hydrogen) atoms. The van der Waals surface area contributed by atoms with Gasteiger partial charge in [0.2, 0.25) is 5.91 Å². The van der Waals surface area contributed by atoms with E-state index in [1.165, 1.54) is 18.2 Å². The molecule has 0 radical (unpaired) electrons. The average Bonchev–Trinajstić information content (AvgIpc) is 2.88. The summed E-state index contributed by atoms with van der Waals surface area (Å²) in [5, 5.41) is 8.19. The second-order valence-electron chi connectivity index (χ2n) is 9.45. The first kappa shape index (κ1) is 30.6. The number of hydrogen-bond acceptors (Lipinski definition) is 5. The van der Waals surface area contributed by atoms with Crippen molar-refractivity contribution in [3.8, 4) is 0 Å². The van der Waals surface area contributed by atoms with Crippen LogP contribution in [0.4, 0.5) is 33.3 Å². The summed E-state index contributed by atoms with van der Waals surface area (Å²) < 4.78 is 67.5. The Labute approximate surface area is 228 Å². The fourth-order valence-electron chi connectivity index (χ4n) is 4.28. The van der Waals surface area contributed by atoms with Crippen molar-refractivity contribution in [3.05, 3.63) is 58.1 Å². The maximum absolute atomic E-state index is 14.9. The minimum absolute atomic E-state index is 0.111. The van der Waals surface area contributed by atoms with Crippen LogP contribution in [-0.2, 0) is 11.3 Å². The molecule has 0 saturated carbocycles. The summed E-state index contributed by atoms with van der Waals surface area (Å²) in [6, 6.07) is 6.28. The summed E-state index contributed by atoms with van der Waals surface area (Å²) in [4.78, 5) is 28.5. The number of hydrogen-bond donors (Lipinski definition) is 3. The smallest absolute Gasteiger partial charge is 0.365 e. The van der Waals surface area contributed by atoms with Crippen LogP contribution < -0.4 is 20.9 Å². The number of benzene rings is 2. The first-order chi connectivity index (χ1) is 18.3. The molecule has 0 spiro atoms. The van der Waals surface area contributed by atoms with Crippen molar-refractivity contribution in [2.75, 3.05) is 43.4 Å². The molecule has 7 nitrogen and oxygen atoms in total. The number of nitrogens with zero attached hydrogens (tertiary/aromatic N) is 2. The molecule has 0 unspecified atom stereocenters.